The van der Waals surface area contributed by atoms with Crippen LogP contribution in [-0.2, 0) is 21.4 Å². The van der Waals surface area contributed by atoms with Gasteiger partial charge in [0.05, 0.1) is 4.90 Å². The van der Waals surface area contributed by atoms with Crippen molar-refractivity contribution in [3.8, 4) is 0 Å². The number of nitrogens with zero attached hydrogens (tertiary/aromatic N) is 2. The largest absolute Gasteiger partial charge is 0.352 e. The molecule has 0 bridgehead atoms. The second kappa shape index (κ2) is 8.57. The number of likely N-dealkylation sites (N-methyl/N-ethyl adjacent to an activating group) is 1. The van der Waals surface area contributed by atoms with Gasteiger partial charge >= 0.3 is 0 Å². The zero-order valence-electron chi connectivity index (χ0n) is 14.3. The Kier molecular flexibility index (Phi) is 6.73. The molecule has 0 atom stereocenters. The highest BCUT2D eigenvalue weighted by atomic mass is 32.2. The first-order valence-corrected chi connectivity index (χ1v) is 9.57. The Hall–Kier alpha value is -1.48. The van der Waals surface area contributed by atoms with E-state index in [-0.39, 0.29) is 17.3 Å². The number of amides is 1. The van der Waals surface area contributed by atoms with Crippen molar-refractivity contribution in [2.45, 2.75) is 17.9 Å². The minimum Gasteiger partial charge on any atom is -0.352 e. The van der Waals surface area contributed by atoms with Crippen molar-refractivity contribution in [2.24, 2.45) is 0 Å². The Labute approximate surface area is 144 Å². The summed E-state index contributed by atoms with van der Waals surface area (Å²) in [6.45, 7) is 3.23. The van der Waals surface area contributed by atoms with E-state index in [2.05, 4.69) is 15.5 Å². The van der Waals surface area contributed by atoms with Crippen molar-refractivity contribution < 1.29 is 13.2 Å². The maximum atomic E-state index is 12.9. The number of hydrogen-bond acceptors (Lipinski definition) is 5. The number of hydrogen-bond donors (Lipinski definition) is 2. The fraction of sp³-hybridized carbons (Fsp3) is 0.562. The van der Waals surface area contributed by atoms with Gasteiger partial charge in [0.25, 0.3) is 0 Å². The Balaban J connectivity index is 2.11. The summed E-state index contributed by atoms with van der Waals surface area (Å²) in [5.41, 5.74) is 0.620. The molecule has 1 aromatic carbocycles. The first-order chi connectivity index (χ1) is 11.4. The smallest absolute Gasteiger partial charge is 0.243 e. The van der Waals surface area contributed by atoms with Crippen molar-refractivity contribution in [1.82, 2.24) is 19.8 Å². The molecule has 24 heavy (non-hydrogen) atoms. The summed E-state index contributed by atoms with van der Waals surface area (Å²) in [6, 6.07) is 6.87. The minimum atomic E-state index is -3.54. The van der Waals surface area contributed by atoms with Crippen LogP contribution in [0.2, 0.25) is 0 Å². The second-order valence-corrected chi connectivity index (χ2v) is 7.85. The first kappa shape index (κ1) is 18.9. The van der Waals surface area contributed by atoms with Crippen molar-refractivity contribution in [3.63, 3.8) is 0 Å². The van der Waals surface area contributed by atoms with Gasteiger partial charge in [-0.3, -0.25) is 4.79 Å². The number of nitrogens with one attached hydrogen (secondary N) is 2. The van der Waals surface area contributed by atoms with Gasteiger partial charge in [0.2, 0.25) is 15.9 Å². The molecule has 2 rings (SSSR count). The maximum absolute atomic E-state index is 12.9. The normalized spacial score (nSPS) is 16.9. The Morgan fingerprint density at radius 1 is 1.17 bits per heavy atom. The summed E-state index contributed by atoms with van der Waals surface area (Å²) < 4.78 is 27.4. The molecule has 0 spiro atoms. The topological polar surface area (TPSA) is 81.8 Å². The van der Waals surface area contributed by atoms with E-state index >= 15 is 0 Å². The molecule has 1 aliphatic heterocycles. The van der Waals surface area contributed by atoms with E-state index in [4.69, 9.17) is 0 Å². The predicted molar refractivity (Wildman–Crippen MR) is 93.1 cm³/mol. The van der Waals surface area contributed by atoms with Gasteiger partial charge in [0.15, 0.2) is 0 Å². The highest BCUT2D eigenvalue weighted by Crippen LogP contribution is 2.21. The fourth-order valence-electron chi connectivity index (χ4n) is 2.59. The average molecular weight is 354 g/mol. The standard InChI is InChI=1S/C16H26N4O3S/c1-17-8-7-16(21)18-13-14-5-3-4-6-15(14)24(22,23)20-11-9-19(2)10-12-20/h3-6,17H,7-13H2,1-2H3,(H,18,21). The molecular weight excluding hydrogens is 328 g/mol. The third-order valence-corrected chi connectivity index (χ3v) is 6.13. The molecule has 0 aliphatic carbocycles. The molecule has 1 fully saturated rings. The van der Waals surface area contributed by atoms with Crippen molar-refractivity contribution in [1.29, 1.82) is 0 Å². The predicted octanol–water partition coefficient (Wildman–Crippen LogP) is -0.152. The lowest BCUT2D eigenvalue weighted by atomic mass is 10.2. The number of sulfonamides is 1. The highest BCUT2D eigenvalue weighted by Gasteiger charge is 2.29. The van der Waals surface area contributed by atoms with Crippen LogP contribution in [0.3, 0.4) is 0 Å². The third-order valence-electron chi connectivity index (χ3n) is 4.13. The van der Waals surface area contributed by atoms with E-state index in [1.165, 1.54) is 4.31 Å². The van der Waals surface area contributed by atoms with E-state index in [1.807, 2.05) is 7.05 Å². The van der Waals surface area contributed by atoms with E-state index in [9.17, 15) is 13.2 Å². The van der Waals surface area contributed by atoms with Gasteiger partial charge in [-0.1, -0.05) is 18.2 Å². The minimum absolute atomic E-state index is 0.101. The molecule has 0 saturated carbocycles. The lowest BCUT2D eigenvalue weighted by Crippen LogP contribution is -2.47. The molecule has 1 heterocycles. The maximum Gasteiger partial charge on any atom is 0.243 e. The van der Waals surface area contributed by atoms with Crippen LogP contribution in [0.25, 0.3) is 0 Å². The van der Waals surface area contributed by atoms with E-state index in [0.717, 1.165) is 13.1 Å². The van der Waals surface area contributed by atoms with Crippen LogP contribution in [0.4, 0.5) is 0 Å². The summed E-state index contributed by atoms with van der Waals surface area (Å²) in [5.74, 6) is -0.101. The third kappa shape index (κ3) is 4.76. The lowest BCUT2D eigenvalue weighted by Gasteiger charge is -2.32. The number of benzene rings is 1. The van der Waals surface area contributed by atoms with Crippen LogP contribution < -0.4 is 10.6 Å². The van der Waals surface area contributed by atoms with Crippen molar-refractivity contribution >= 4 is 15.9 Å². The van der Waals surface area contributed by atoms with Gasteiger partial charge in [-0.15, -0.1) is 0 Å². The average Bonchev–Trinajstić information content (AvgIpc) is 2.58. The molecule has 0 radical (unpaired) electrons. The molecule has 1 aromatic rings. The molecule has 0 aromatic heterocycles. The zero-order chi connectivity index (χ0) is 17.6. The number of rotatable bonds is 7. The van der Waals surface area contributed by atoms with Gasteiger partial charge in [-0.05, 0) is 25.7 Å². The lowest BCUT2D eigenvalue weighted by molar-refractivity contribution is -0.121. The molecule has 2 N–H and O–H groups in total. The van der Waals surface area contributed by atoms with Crippen molar-refractivity contribution in [3.05, 3.63) is 29.8 Å². The van der Waals surface area contributed by atoms with E-state index < -0.39 is 10.0 Å². The second-order valence-electron chi connectivity index (χ2n) is 5.95. The molecular formula is C16H26N4O3S. The Morgan fingerprint density at radius 2 is 1.83 bits per heavy atom. The zero-order valence-corrected chi connectivity index (χ0v) is 15.1. The van der Waals surface area contributed by atoms with Crippen LogP contribution in [-0.4, -0.2) is 70.3 Å². The van der Waals surface area contributed by atoms with E-state index in [0.29, 0.717) is 31.6 Å². The molecule has 8 heteroatoms. The monoisotopic (exact) mass is 354 g/mol. The Bertz CT molecular complexity index is 655. The molecule has 0 unspecified atom stereocenters. The van der Waals surface area contributed by atoms with Gasteiger partial charge in [0.1, 0.15) is 0 Å². The fourth-order valence-corrected chi connectivity index (χ4v) is 4.23. The first-order valence-electron chi connectivity index (χ1n) is 8.13. The summed E-state index contributed by atoms with van der Waals surface area (Å²) >= 11 is 0. The van der Waals surface area contributed by atoms with Crippen LogP contribution in [0.15, 0.2) is 29.2 Å². The van der Waals surface area contributed by atoms with Crippen LogP contribution >= 0.6 is 0 Å². The molecule has 134 valence electrons. The number of carbonyl (C=O) groups is 1. The summed E-state index contributed by atoms with van der Waals surface area (Å²) in [7, 11) is 0.230. The quantitative estimate of drug-likeness (QED) is 0.712. The van der Waals surface area contributed by atoms with Gasteiger partial charge in [-0.25, -0.2) is 8.42 Å². The van der Waals surface area contributed by atoms with E-state index in [1.54, 1.807) is 31.3 Å². The van der Waals surface area contributed by atoms with Gasteiger partial charge in [-0.2, -0.15) is 4.31 Å². The molecule has 1 amide bonds. The summed E-state index contributed by atoms with van der Waals surface area (Å²) in [5, 5.41) is 5.70. The van der Waals surface area contributed by atoms with Crippen molar-refractivity contribution in [2.75, 3.05) is 46.8 Å². The summed E-state index contributed by atoms with van der Waals surface area (Å²) in [6.07, 6.45) is 0.365. The van der Waals surface area contributed by atoms with Crippen LogP contribution in [0.5, 0.6) is 0 Å². The molecule has 1 saturated heterocycles. The van der Waals surface area contributed by atoms with Crippen LogP contribution in [0, 0.1) is 0 Å². The molecule has 1 aliphatic rings. The Morgan fingerprint density at radius 3 is 2.50 bits per heavy atom. The highest BCUT2D eigenvalue weighted by molar-refractivity contribution is 7.89. The number of piperazine rings is 1. The molecule has 7 nitrogen and oxygen atoms in total. The van der Waals surface area contributed by atoms with Crippen LogP contribution in [0.1, 0.15) is 12.0 Å². The number of carbonyl (C=O) groups excluding carboxylic acids is 1. The SMILES string of the molecule is CNCCC(=O)NCc1ccccc1S(=O)(=O)N1CCN(C)CC1. The summed E-state index contributed by atoms with van der Waals surface area (Å²) in [4.78, 5) is 14.1. The van der Waals surface area contributed by atoms with Gasteiger partial charge in [0, 0.05) is 45.7 Å². The van der Waals surface area contributed by atoms with Gasteiger partial charge < -0.3 is 15.5 Å².